The van der Waals surface area contributed by atoms with Crippen LogP contribution in [0.25, 0.3) is 0 Å². The highest BCUT2D eigenvalue weighted by atomic mass is 35.5. The molecule has 170 valence electrons. The molecular weight excluding hydrogens is 489 g/mol. The van der Waals surface area contributed by atoms with Crippen molar-refractivity contribution in [3.63, 3.8) is 0 Å². The molecule has 0 unspecified atom stereocenters. The van der Waals surface area contributed by atoms with Gasteiger partial charge >= 0.3 is 11.8 Å². The lowest BCUT2D eigenvalue weighted by atomic mass is 10.2. The van der Waals surface area contributed by atoms with Gasteiger partial charge in [0.25, 0.3) is 0 Å². The van der Waals surface area contributed by atoms with Gasteiger partial charge in [-0.2, -0.15) is 5.10 Å². The summed E-state index contributed by atoms with van der Waals surface area (Å²) in [6.45, 7) is 0.269. The number of carbonyl (C=O) groups is 2. The number of rotatable bonds is 7. The molecule has 0 heterocycles. The molecule has 7 nitrogen and oxygen atoms in total. The Bertz CT molecular complexity index is 1200. The number of methoxy groups -OCH3 is 1. The number of hydrogen-bond acceptors (Lipinski definition) is 5. The average molecular weight is 507 g/mol. The predicted molar refractivity (Wildman–Crippen MR) is 130 cm³/mol. The topological polar surface area (TPSA) is 89.0 Å². The molecule has 33 heavy (non-hydrogen) atoms. The first-order chi connectivity index (χ1) is 15.9. The zero-order valence-corrected chi connectivity index (χ0v) is 19.5. The lowest BCUT2D eigenvalue weighted by Crippen LogP contribution is -2.32. The number of nitrogens with zero attached hydrogens (tertiary/aromatic N) is 1. The summed E-state index contributed by atoms with van der Waals surface area (Å²) in [5, 5.41) is 7.16. The van der Waals surface area contributed by atoms with Crippen molar-refractivity contribution in [3.8, 4) is 11.5 Å². The number of hydrazone groups is 1. The number of ether oxygens (including phenoxy) is 2. The van der Waals surface area contributed by atoms with Crippen LogP contribution >= 0.6 is 34.8 Å². The summed E-state index contributed by atoms with van der Waals surface area (Å²) >= 11 is 18.0. The Hall–Kier alpha value is -3.26. The van der Waals surface area contributed by atoms with Crippen LogP contribution in [0.2, 0.25) is 15.1 Å². The minimum atomic E-state index is -0.978. The third-order valence-corrected chi connectivity index (χ3v) is 5.50. The van der Waals surface area contributed by atoms with E-state index in [1.807, 2.05) is 18.2 Å². The zero-order chi connectivity index (χ0) is 23.8. The minimum absolute atomic E-state index is 0.132. The number of anilines is 1. The molecule has 0 aromatic heterocycles. The van der Waals surface area contributed by atoms with Crippen LogP contribution < -0.4 is 20.2 Å². The van der Waals surface area contributed by atoms with Crippen molar-refractivity contribution < 1.29 is 19.1 Å². The molecule has 3 aromatic carbocycles. The molecule has 0 atom stereocenters. The smallest absolute Gasteiger partial charge is 0.329 e. The summed E-state index contributed by atoms with van der Waals surface area (Å²) in [5.74, 6) is -0.951. The van der Waals surface area contributed by atoms with Crippen molar-refractivity contribution in [2.24, 2.45) is 5.10 Å². The third kappa shape index (κ3) is 6.61. The van der Waals surface area contributed by atoms with Gasteiger partial charge in [0, 0.05) is 10.6 Å². The van der Waals surface area contributed by atoms with Crippen LogP contribution in [0.4, 0.5) is 5.69 Å². The van der Waals surface area contributed by atoms with Gasteiger partial charge in [-0.3, -0.25) is 9.59 Å². The SMILES string of the molecule is COc1cc(/C=N/NC(=O)C(=O)Nc2cccc(Cl)c2Cl)ccc1OCc1ccccc1Cl. The molecule has 0 aliphatic rings. The van der Waals surface area contributed by atoms with Crippen molar-refractivity contribution in [1.29, 1.82) is 0 Å². The molecule has 0 saturated heterocycles. The van der Waals surface area contributed by atoms with E-state index in [9.17, 15) is 9.59 Å². The van der Waals surface area contributed by atoms with E-state index in [4.69, 9.17) is 44.3 Å². The van der Waals surface area contributed by atoms with Crippen molar-refractivity contribution in [3.05, 3.63) is 86.9 Å². The van der Waals surface area contributed by atoms with E-state index in [1.54, 1.807) is 36.4 Å². The Morgan fingerprint density at radius 2 is 1.70 bits per heavy atom. The summed E-state index contributed by atoms with van der Waals surface area (Å²) in [7, 11) is 1.51. The maximum Gasteiger partial charge on any atom is 0.329 e. The van der Waals surface area contributed by atoms with Crippen molar-refractivity contribution in [2.75, 3.05) is 12.4 Å². The molecule has 0 fully saturated rings. The van der Waals surface area contributed by atoms with E-state index in [0.29, 0.717) is 22.1 Å². The highest BCUT2D eigenvalue weighted by Gasteiger charge is 2.15. The van der Waals surface area contributed by atoms with E-state index in [0.717, 1.165) is 5.56 Å². The molecular formula is C23H18Cl3N3O4. The maximum atomic E-state index is 12.0. The number of hydrogen-bond donors (Lipinski definition) is 2. The summed E-state index contributed by atoms with van der Waals surface area (Å²) < 4.78 is 11.2. The fourth-order valence-corrected chi connectivity index (χ4v) is 3.19. The van der Waals surface area contributed by atoms with E-state index in [-0.39, 0.29) is 22.3 Å². The zero-order valence-electron chi connectivity index (χ0n) is 17.3. The molecule has 0 radical (unpaired) electrons. The summed E-state index contributed by atoms with van der Waals surface area (Å²) in [6.07, 6.45) is 1.36. The number of benzene rings is 3. The van der Waals surface area contributed by atoms with Gasteiger partial charge in [-0.15, -0.1) is 0 Å². The van der Waals surface area contributed by atoms with Crippen LogP contribution in [0.5, 0.6) is 11.5 Å². The Balaban J connectivity index is 1.59. The highest BCUT2D eigenvalue weighted by molar-refractivity contribution is 6.45. The van der Waals surface area contributed by atoms with Crippen LogP contribution in [0.1, 0.15) is 11.1 Å². The second-order valence-electron chi connectivity index (χ2n) is 6.55. The van der Waals surface area contributed by atoms with Crippen LogP contribution in [-0.2, 0) is 16.2 Å². The Labute approximate surface area is 205 Å². The van der Waals surface area contributed by atoms with Gasteiger partial charge in [0.1, 0.15) is 6.61 Å². The molecule has 10 heteroatoms. The summed E-state index contributed by atoms with van der Waals surface area (Å²) in [6, 6.07) is 17.1. The normalized spacial score (nSPS) is 10.7. The molecule has 2 N–H and O–H groups in total. The molecule has 0 spiro atoms. The first-order valence-corrected chi connectivity index (χ1v) is 10.6. The molecule has 0 aliphatic carbocycles. The molecule has 0 saturated carbocycles. The molecule has 3 aromatic rings. The van der Waals surface area contributed by atoms with Gasteiger partial charge in [-0.25, -0.2) is 5.43 Å². The van der Waals surface area contributed by atoms with Crippen LogP contribution in [0.15, 0.2) is 65.8 Å². The van der Waals surface area contributed by atoms with E-state index in [1.165, 1.54) is 19.4 Å². The number of halogens is 3. The fraction of sp³-hybridized carbons (Fsp3) is 0.0870. The van der Waals surface area contributed by atoms with Crippen molar-refractivity contribution in [2.45, 2.75) is 6.61 Å². The highest BCUT2D eigenvalue weighted by Crippen LogP contribution is 2.30. The average Bonchev–Trinajstić information content (AvgIpc) is 2.81. The second kappa shape index (κ2) is 11.6. The molecule has 3 rings (SSSR count). The fourth-order valence-electron chi connectivity index (χ4n) is 2.65. The Kier molecular flexibility index (Phi) is 8.54. The molecule has 0 aliphatic heterocycles. The monoisotopic (exact) mass is 505 g/mol. The van der Waals surface area contributed by atoms with Gasteiger partial charge in [-0.05, 0) is 42.0 Å². The van der Waals surface area contributed by atoms with Gasteiger partial charge in [0.2, 0.25) is 0 Å². The summed E-state index contributed by atoms with van der Waals surface area (Å²) in [4.78, 5) is 24.0. The van der Waals surface area contributed by atoms with Crippen LogP contribution in [-0.4, -0.2) is 25.1 Å². The van der Waals surface area contributed by atoms with E-state index >= 15 is 0 Å². The number of carbonyl (C=O) groups excluding carboxylic acids is 2. The van der Waals surface area contributed by atoms with Crippen LogP contribution in [0, 0.1) is 0 Å². The Morgan fingerprint density at radius 3 is 2.45 bits per heavy atom. The molecule has 0 bridgehead atoms. The van der Waals surface area contributed by atoms with Crippen molar-refractivity contribution in [1.82, 2.24) is 5.43 Å². The first-order valence-electron chi connectivity index (χ1n) is 9.51. The standard InChI is InChI=1S/C23H18Cl3N3O4/c1-32-20-11-14(9-10-19(20)33-13-15-5-2-3-6-16(15)24)12-27-29-23(31)22(30)28-18-8-4-7-17(25)21(18)26/h2-12H,13H2,1H3,(H,28,30)(H,29,31)/b27-12+. The predicted octanol–water partition coefficient (Wildman–Crippen LogP) is 5.32. The second-order valence-corrected chi connectivity index (χ2v) is 7.74. The minimum Gasteiger partial charge on any atom is -0.493 e. The third-order valence-electron chi connectivity index (χ3n) is 4.31. The summed E-state index contributed by atoms with van der Waals surface area (Å²) in [5.41, 5.74) is 3.81. The maximum absolute atomic E-state index is 12.0. The lowest BCUT2D eigenvalue weighted by molar-refractivity contribution is -0.136. The largest absolute Gasteiger partial charge is 0.493 e. The number of amides is 2. The van der Waals surface area contributed by atoms with Gasteiger partial charge in [0.05, 0.1) is 29.1 Å². The van der Waals surface area contributed by atoms with Gasteiger partial charge in [-0.1, -0.05) is 59.1 Å². The first kappa shape index (κ1) is 24.4. The van der Waals surface area contributed by atoms with E-state index in [2.05, 4.69) is 15.8 Å². The van der Waals surface area contributed by atoms with E-state index < -0.39 is 11.8 Å². The van der Waals surface area contributed by atoms with Crippen LogP contribution in [0.3, 0.4) is 0 Å². The Morgan fingerprint density at radius 1 is 0.939 bits per heavy atom. The van der Waals surface area contributed by atoms with Crippen molar-refractivity contribution >= 4 is 58.5 Å². The van der Waals surface area contributed by atoms with Gasteiger partial charge in [0.15, 0.2) is 11.5 Å². The molecule has 2 amide bonds. The van der Waals surface area contributed by atoms with Gasteiger partial charge < -0.3 is 14.8 Å². The number of nitrogens with one attached hydrogen (secondary N) is 2. The lowest BCUT2D eigenvalue weighted by Gasteiger charge is -2.12. The quantitative estimate of drug-likeness (QED) is 0.258.